The first-order valence-corrected chi connectivity index (χ1v) is 10.1. The van der Waals surface area contributed by atoms with E-state index in [0.29, 0.717) is 22.0 Å². The van der Waals surface area contributed by atoms with Crippen LogP contribution in [0.15, 0.2) is 29.8 Å². The Kier molecular flexibility index (Phi) is 4.10. The number of fused-ring (bicyclic) bond motifs is 1. The Morgan fingerprint density at radius 1 is 1.30 bits per heavy atom. The molecule has 9 nitrogen and oxygen atoms in total. The van der Waals surface area contributed by atoms with Crippen LogP contribution in [0.25, 0.3) is 33.4 Å². The molecule has 0 atom stereocenters. The summed E-state index contributed by atoms with van der Waals surface area (Å²) in [5, 5.41) is 20.7. The van der Waals surface area contributed by atoms with Gasteiger partial charge in [-0.1, -0.05) is 6.07 Å². The maximum absolute atomic E-state index is 12.1. The molecule has 0 aliphatic carbocycles. The summed E-state index contributed by atoms with van der Waals surface area (Å²) in [6.45, 7) is 2.36. The van der Waals surface area contributed by atoms with Crippen molar-refractivity contribution in [2.45, 2.75) is 12.5 Å². The van der Waals surface area contributed by atoms with Crippen LogP contribution in [0.2, 0.25) is 0 Å². The number of thiazole rings is 1. The van der Waals surface area contributed by atoms with Gasteiger partial charge >= 0.3 is 0 Å². The van der Waals surface area contributed by atoms with Crippen LogP contribution in [0.4, 0.5) is 5.69 Å². The number of amides is 1. The van der Waals surface area contributed by atoms with Crippen LogP contribution in [-0.4, -0.2) is 44.4 Å². The number of nitrogens with zero attached hydrogens (tertiary/aromatic N) is 3. The van der Waals surface area contributed by atoms with Crippen LogP contribution < -0.4 is 11.5 Å². The number of benzene rings is 1. The normalized spacial score (nSPS) is 15.3. The second-order valence-corrected chi connectivity index (χ2v) is 8.19. The minimum absolute atomic E-state index is 0.0253. The van der Waals surface area contributed by atoms with E-state index in [-0.39, 0.29) is 24.6 Å². The first-order valence-electron chi connectivity index (χ1n) is 9.17. The summed E-state index contributed by atoms with van der Waals surface area (Å²) in [7, 11) is 0. The molecule has 5 rings (SSSR count). The molecule has 1 aliphatic heterocycles. The third-order valence-electron chi connectivity index (χ3n) is 5.24. The number of aromatic amines is 1. The first-order chi connectivity index (χ1) is 14.4. The fourth-order valence-corrected chi connectivity index (χ4v) is 4.47. The minimum atomic E-state index is -1.08. The van der Waals surface area contributed by atoms with E-state index in [1.807, 2.05) is 19.1 Å². The molecule has 4 aromatic rings. The molecule has 1 aromatic carbocycles. The second-order valence-electron chi connectivity index (χ2n) is 7.33. The van der Waals surface area contributed by atoms with Gasteiger partial charge in [-0.25, -0.2) is 9.97 Å². The second kappa shape index (κ2) is 6.59. The zero-order valence-corrected chi connectivity index (χ0v) is 16.8. The van der Waals surface area contributed by atoms with Crippen LogP contribution in [0.5, 0.6) is 0 Å². The van der Waals surface area contributed by atoms with Crippen molar-refractivity contribution in [1.29, 1.82) is 0 Å². The molecule has 4 heterocycles. The number of aryl methyl sites for hydroxylation is 1. The van der Waals surface area contributed by atoms with E-state index in [0.717, 1.165) is 22.0 Å². The molecule has 1 fully saturated rings. The van der Waals surface area contributed by atoms with Gasteiger partial charge in [-0.3, -0.25) is 9.89 Å². The number of carbonyl (C=O) groups excluding carboxylic acids is 1. The number of rotatable bonds is 4. The highest BCUT2D eigenvalue weighted by atomic mass is 32.1. The fraction of sp³-hybridized carbons (Fsp3) is 0.200. The molecule has 0 radical (unpaired) electrons. The number of H-pyrrole nitrogens is 1. The highest BCUT2D eigenvalue weighted by Gasteiger charge is 2.41. The molecule has 1 aliphatic rings. The Bertz CT molecular complexity index is 1310. The molecule has 10 heteroatoms. The standard InChI is InChI=1S/C20H18N6O3S/c1-9-2-3-12-11(5-23-26-12)15(9)10-4-13(24-17(16(10)21)18(22)27)14-6-30-19(25-14)20(28)7-29-8-20/h2-6,28H,7-8,21H2,1H3,(H2,22,27)(H,23,26). The summed E-state index contributed by atoms with van der Waals surface area (Å²) in [6, 6.07) is 5.67. The Balaban J connectivity index is 1.73. The molecule has 30 heavy (non-hydrogen) atoms. The Morgan fingerprint density at radius 3 is 2.80 bits per heavy atom. The molecule has 6 N–H and O–H groups in total. The fourth-order valence-electron chi connectivity index (χ4n) is 3.59. The summed E-state index contributed by atoms with van der Waals surface area (Å²) < 4.78 is 5.11. The van der Waals surface area contributed by atoms with Gasteiger partial charge in [0.1, 0.15) is 10.7 Å². The van der Waals surface area contributed by atoms with Crippen molar-refractivity contribution in [3.05, 3.63) is 46.0 Å². The van der Waals surface area contributed by atoms with Gasteiger partial charge in [0.05, 0.1) is 36.3 Å². The zero-order valence-electron chi connectivity index (χ0n) is 16.0. The maximum atomic E-state index is 12.1. The number of hydrogen-bond acceptors (Lipinski definition) is 8. The number of nitrogen functional groups attached to an aromatic ring is 1. The van der Waals surface area contributed by atoms with Crippen molar-refractivity contribution in [1.82, 2.24) is 20.2 Å². The number of primary amides is 1. The number of carbonyl (C=O) groups is 1. The van der Waals surface area contributed by atoms with Crippen molar-refractivity contribution in [2.24, 2.45) is 5.73 Å². The average Bonchev–Trinajstić information content (AvgIpc) is 3.36. The lowest BCUT2D eigenvalue weighted by Gasteiger charge is -2.34. The quantitative estimate of drug-likeness (QED) is 0.392. The van der Waals surface area contributed by atoms with Crippen LogP contribution >= 0.6 is 11.3 Å². The Labute approximate surface area is 174 Å². The van der Waals surface area contributed by atoms with E-state index in [9.17, 15) is 9.90 Å². The number of nitrogens with two attached hydrogens (primary N) is 2. The first kappa shape index (κ1) is 18.7. The van der Waals surface area contributed by atoms with Crippen LogP contribution in [0.3, 0.4) is 0 Å². The van der Waals surface area contributed by atoms with Gasteiger partial charge in [0.25, 0.3) is 5.91 Å². The van der Waals surface area contributed by atoms with E-state index in [1.54, 1.807) is 17.6 Å². The number of pyridine rings is 1. The number of anilines is 1. The van der Waals surface area contributed by atoms with E-state index in [1.165, 1.54) is 11.3 Å². The monoisotopic (exact) mass is 422 g/mol. The molecule has 0 saturated carbocycles. The summed E-state index contributed by atoms with van der Waals surface area (Å²) in [6.07, 6.45) is 1.72. The minimum Gasteiger partial charge on any atom is -0.396 e. The van der Waals surface area contributed by atoms with E-state index in [2.05, 4.69) is 20.2 Å². The van der Waals surface area contributed by atoms with Crippen molar-refractivity contribution in [3.63, 3.8) is 0 Å². The molecule has 0 spiro atoms. The van der Waals surface area contributed by atoms with Gasteiger partial charge in [0.2, 0.25) is 0 Å². The lowest BCUT2D eigenvalue weighted by molar-refractivity contribution is -0.184. The van der Waals surface area contributed by atoms with Crippen LogP contribution in [0, 0.1) is 6.92 Å². The number of nitrogens with one attached hydrogen (secondary N) is 1. The van der Waals surface area contributed by atoms with Gasteiger partial charge in [-0.05, 0) is 30.2 Å². The van der Waals surface area contributed by atoms with Gasteiger partial charge < -0.3 is 21.3 Å². The molecular weight excluding hydrogens is 404 g/mol. The SMILES string of the molecule is Cc1ccc2[nH]ncc2c1-c1cc(-c2csc(C3(O)COC3)n2)nc(C(N)=O)c1N. The van der Waals surface area contributed by atoms with E-state index >= 15 is 0 Å². The molecule has 1 amide bonds. The lowest BCUT2D eigenvalue weighted by atomic mass is 9.94. The lowest BCUT2D eigenvalue weighted by Crippen LogP contribution is -2.46. The summed E-state index contributed by atoms with van der Waals surface area (Å²) >= 11 is 1.31. The number of ether oxygens (including phenoxy) is 1. The van der Waals surface area contributed by atoms with Crippen molar-refractivity contribution in [2.75, 3.05) is 18.9 Å². The van der Waals surface area contributed by atoms with E-state index < -0.39 is 11.5 Å². The molecular formula is C20H18N6O3S. The van der Waals surface area contributed by atoms with E-state index in [4.69, 9.17) is 16.2 Å². The number of aromatic nitrogens is 4. The average molecular weight is 422 g/mol. The van der Waals surface area contributed by atoms with Crippen molar-refractivity contribution < 1.29 is 14.6 Å². The predicted molar refractivity (Wildman–Crippen MR) is 113 cm³/mol. The third kappa shape index (κ3) is 2.76. The highest BCUT2D eigenvalue weighted by Crippen LogP contribution is 2.39. The van der Waals surface area contributed by atoms with Crippen molar-refractivity contribution >= 4 is 33.8 Å². The van der Waals surface area contributed by atoms with Crippen LogP contribution in [0.1, 0.15) is 21.1 Å². The third-order valence-corrected chi connectivity index (χ3v) is 6.28. The molecule has 1 saturated heterocycles. The van der Waals surface area contributed by atoms with Gasteiger partial charge in [-0.15, -0.1) is 11.3 Å². The number of hydrogen-bond donors (Lipinski definition) is 4. The topological polar surface area (TPSA) is 153 Å². The Morgan fingerprint density at radius 2 is 2.10 bits per heavy atom. The Hall–Kier alpha value is -3.34. The van der Waals surface area contributed by atoms with Gasteiger partial charge in [-0.2, -0.15) is 5.10 Å². The molecule has 0 bridgehead atoms. The highest BCUT2D eigenvalue weighted by molar-refractivity contribution is 7.10. The van der Waals surface area contributed by atoms with Gasteiger partial charge in [0, 0.05) is 16.3 Å². The molecule has 3 aromatic heterocycles. The van der Waals surface area contributed by atoms with Gasteiger partial charge in [0.15, 0.2) is 11.3 Å². The van der Waals surface area contributed by atoms with Crippen molar-refractivity contribution in [3.8, 4) is 22.5 Å². The van der Waals surface area contributed by atoms with Crippen LogP contribution in [-0.2, 0) is 10.3 Å². The molecule has 0 unspecified atom stereocenters. The summed E-state index contributed by atoms with van der Waals surface area (Å²) in [5.74, 6) is -0.728. The maximum Gasteiger partial charge on any atom is 0.269 e. The predicted octanol–water partition coefficient (Wildman–Crippen LogP) is 1.96. The largest absolute Gasteiger partial charge is 0.396 e. The smallest absolute Gasteiger partial charge is 0.269 e. The number of aliphatic hydroxyl groups is 1. The molecule has 152 valence electrons. The zero-order chi connectivity index (χ0) is 21.0. The summed E-state index contributed by atoms with van der Waals surface area (Å²) in [4.78, 5) is 21.0. The summed E-state index contributed by atoms with van der Waals surface area (Å²) in [5.41, 5.74) is 15.2.